The van der Waals surface area contributed by atoms with E-state index >= 15 is 0 Å². The molecule has 0 spiro atoms. The van der Waals surface area contributed by atoms with E-state index in [-0.39, 0.29) is 6.10 Å². The van der Waals surface area contributed by atoms with Crippen LogP contribution in [-0.2, 0) is 0 Å². The van der Waals surface area contributed by atoms with Crippen molar-refractivity contribution in [3.63, 3.8) is 0 Å². The number of hydrogen-bond donors (Lipinski definition) is 1. The fraction of sp³-hybridized carbons (Fsp3) is 1.00. The molecule has 0 rings (SSSR count). The first-order valence-electron chi connectivity index (χ1n) is 3.61. The molecule has 0 bridgehead atoms. The average molecular weight is 185 g/mol. The summed E-state index contributed by atoms with van der Waals surface area (Å²) in [5, 5.41) is 8.99. The Hall–Kier alpha value is 0.540. The summed E-state index contributed by atoms with van der Waals surface area (Å²) in [6, 6.07) is 0. The molecule has 0 aromatic carbocycles. The number of aliphatic hydroxyl groups excluding tert-OH is 1. The van der Waals surface area contributed by atoms with Crippen LogP contribution in [0.2, 0.25) is 0 Å². The minimum absolute atomic E-state index is 0.322. The first-order valence-corrected chi connectivity index (χ1v) is 4.68. The summed E-state index contributed by atoms with van der Waals surface area (Å²) in [6.45, 7) is 0. The Bertz CT molecular complexity index is 68.6. The molecule has 1 N–H and O–H groups in total. The van der Waals surface area contributed by atoms with E-state index in [1.54, 1.807) is 0 Å². The van der Waals surface area contributed by atoms with E-state index in [9.17, 15) is 0 Å². The molecule has 0 radical (unpaired) electrons. The van der Waals surface area contributed by atoms with Gasteiger partial charge in [0.1, 0.15) is 0 Å². The van der Waals surface area contributed by atoms with E-state index in [0.29, 0.717) is 5.88 Å². The van der Waals surface area contributed by atoms with Gasteiger partial charge in [0.2, 0.25) is 0 Å². The highest BCUT2D eigenvalue weighted by molar-refractivity contribution is 6.18. The zero-order valence-corrected chi connectivity index (χ0v) is 7.53. The normalized spacial score (nSPS) is 13.5. The molecule has 0 saturated heterocycles. The fourth-order valence-corrected chi connectivity index (χ4v) is 1.07. The van der Waals surface area contributed by atoms with Crippen LogP contribution >= 0.6 is 23.2 Å². The van der Waals surface area contributed by atoms with Crippen molar-refractivity contribution in [2.75, 3.05) is 11.8 Å². The van der Waals surface area contributed by atoms with E-state index in [1.807, 2.05) is 0 Å². The summed E-state index contributed by atoms with van der Waals surface area (Å²) >= 11 is 10.9. The number of halogens is 2. The van der Waals surface area contributed by atoms with Crippen LogP contribution in [0.1, 0.15) is 25.7 Å². The van der Waals surface area contributed by atoms with E-state index in [1.165, 1.54) is 0 Å². The molecule has 0 aromatic rings. The Kier molecular flexibility index (Phi) is 8.06. The van der Waals surface area contributed by atoms with E-state index in [0.717, 1.165) is 31.6 Å². The van der Waals surface area contributed by atoms with Gasteiger partial charge in [0.15, 0.2) is 0 Å². The number of alkyl halides is 2. The van der Waals surface area contributed by atoms with Crippen molar-refractivity contribution >= 4 is 23.2 Å². The maximum absolute atomic E-state index is 8.99. The Balaban J connectivity index is 2.89. The van der Waals surface area contributed by atoms with Crippen LogP contribution in [0.3, 0.4) is 0 Å². The first-order chi connectivity index (χ1) is 4.81. The second-order valence-corrected chi connectivity index (χ2v) is 3.03. The van der Waals surface area contributed by atoms with Crippen LogP contribution in [-0.4, -0.2) is 23.0 Å². The van der Waals surface area contributed by atoms with Crippen molar-refractivity contribution in [2.24, 2.45) is 0 Å². The van der Waals surface area contributed by atoms with Crippen molar-refractivity contribution < 1.29 is 5.11 Å². The van der Waals surface area contributed by atoms with Crippen LogP contribution in [0, 0.1) is 0 Å². The number of hydrogen-bond acceptors (Lipinski definition) is 1. The predicted molar refractivity (Wildman–Crippen MR) is 45.9 cm³/mol. The third-order valence-corrected chi connectivity index (χ3v) is 1.97. The molecule has 1 nitrogen and oxygen atoms in total. The highest BCUT2D eigenvalue weighted by Crippen LogP contribution is 2.05. The molecule has 0 aliphatic carbocycles. The third-order valence-electron chi connectivity index (χ3n) is 1.35. The van der Waals surface area contributed by atoms with E-state index in [2.05, 4.69) is 0 Å². The third kappa shape index (κ3) is 6.66. The quantitative estimate of drug-likeness (QED) is 0.497. The largest absolute Gasteiger partial charge is 0.392 e. The Morgan fingerprint density at radius 3 is 2.30 bits per heavy atom. The average Bonchev–Trinajstić information content (AvgIpc) is 1.98. The van der Waals surface area contributed by atoms with Gasteiger partial charge in [-0.15, -0.1) is 23.2 Å². The van der Waals surface area contributed by atoms with Crippen molar-refractivity contribution in [1.82, 2.24) is 0 Å². The molecule has 0 saturated carbocycles. The monoisotopic (exact) mass is 184 g/mol. The standard InChI is InChI=1S/C7H14Cl2O/c8-5-3-1-2-4-7(10)6-9/h7,10H,1-6H2. The summed E-state index contributed by atoms with van der Waals surface area (Å²) in [5.41, 5.74) is 0. The summed E-state index contributed by atoms with van der Waals surface area (Å²) in [7, 11) is 0. The van der Waals surface area contributed by atoms with Crippen LogP contribution < -0.4 is 0 Å². The lowest BCUT2D eigenvalue weighted by Gasteiger charge is -2.04. The lowest BCUT2D eigenvalue weighted by atomic mass is 10.1. The van der Waals surface area contributed by atoms with Gasteiger partial charge in [-0.05, 0) is 12.8 Å². The zero-order chi connectivity index (χ0) is 7.82. The number of rotatable bonds is 6. The van der Waals surface area contributed by atoms with Gasteiger partial charge in [-0.2, -0.15) is 0 Å². The highest BCUT2D eigenvalue weighted by Gasteiger charge is 1.99. The highest BCUT2D eigenvalue weighted by atomic mass is 35.5. The summed E-state index contributed by atoms with van der Waals surface area (Å²) in [4.78, 5) is 0. The summed E-state index contributed by atoms with van der Waals surface area (Å²) in [6.07, 6.45) is 3.65. The van der Waals surface area contributed by atoms with Crippen molar-refractivity contribution in [2.45, 2.75) is 31.8 Å². The van der Waals surface area contributed by atoms with Crippen LogP contribution in [0.4, 0.5) is 0 Å². The Morgan fingerprint density at radius 2 is 1.80 bits per heavy atom. The summed E-state index contributed by atoms with van der Waals surface area (Å²) in [5.74, 6) is 1.07. The van der Waals surface area contributed by atoms with Gasteiger partial charge in [-0.3, -0.25) is 0 Å². The topological polar surface area (TPSA) is 20.2 Å². The van der Waals surface area contributed by atoms with Gasteiger partial charge in [-0.1, -0.05) is 12.8 Å². The SMILES string of the molecule is OC(CCl)CCCCCCl. The number of aliphatic hydroxyl groups is 1. The zero-order valence-electron chi connectivity index (χ0n) is 6.02. The van der Waals surface area contributed by atoms with Gasteiger partial charge in [0.25, 0.3) is 0 Å². The van der Waals surface area contributed by atoms with Gasteiger partial charge in [-0.25, -0.2) is 0 Å². The molecule has 0 heterocycles. The maximum atomic E-state index is 8.99. The molecular formula is C7H14Cl2O. The second kappa shape index (κ2) is 7.64. The van der Waals surface area contributed by atoms with E-state index in [4.69, 9.17) is 28.3 Å². The minimum atomic E-state index is -0.322. The Labute approximate surface area is 72.3 Å². The molecule has 0 aromatic heterocycles. The molecule has 0 aliphatic heterocycles. The van der Waals surface area contributed by atoms with Gasteiger partial charge in [0.05, 0.1) is 6.10 Å². The maximum Gasteiger partial charge on any atom is 0.0675 e. The van der Waals surface area contributed by atoms with Crippen molar-refractivity contribution in [3.05, 3.63) is 0 Å². The first kappa shape index (κ1) is 10.5. The molecule has 0 fully saturated rings. The smallest absolute Gasteiger partial charge is 0.0675 e. The van der Waals surface area contributed by atoms with Gasteiger partial charge < -0.3 is 5.11 Å². The van der Waals surface area contributed by atoms with Gasteiger partial charge in [0, 0.05) is 11.8 Å². The molecule has 1 unspecified atom stereocenters. The molecule has 1 atom stereocenters. The fourth-order valence-electron chi connectivity index (χ4n) is 0.728. The van der Waals surface area contributed by atoms with Crippen LogP contribution in [0.15, 0.2) is 0 Å². The summed E-state index contributed by atoms with van der Waals surface area (Å²) < 4.78 is 0. The molecule has 10 heavy (non-hydrogen) atoms. The molecule has 0 amide bonds. The molecule has 62 valence electrons. The van der Waals surface area contributed by atoms with Crippen molar-refractivity contribution in [3.8, 4) is 0 Å². The van der Waals surface area contributed by atoms with Crippen LogP contribution in [0.25, 0.3) is 0 Å². The van der Waals surface area contributed by atoms with Crippen molar-refractivity contribution in [1.29, 1.82) is 0 Å². The number of unbranched alkanes of at least 4 members (excludes halogenated alkanes) is 2. The molecule has 3 heteroatoms. The molecule has 0 aliphatic rings. The molecular weight excluding hydrogens is 171 g/mol. The Morgan fingerprint density at radius 1 is 1.10 bits per heavy atom. The minimum Gasteiger partial charge on any atom is -0.392 e. The lowest BCUT2D eigenvalue weighted by molar-refractivity contribution is 0.184. The second-order valence-electron chi connectivity index (χ2n) is 2.35. The van der Waals surface area contributed by atoms with E-state index < -0.39 is 0 Å². The predicted octanol–water partition coefficient (Wildman–Crippen LogP) is 2.39. The van der Waals surface area contributed by atoms with Gasteiger partial charge >= 0.3 is 0 Å². The lowest BCUT2D eigenvalue weighted by Crippen LogP contribution is -2.07. The van der Waals surface area contributed by atoms with Crippen LogP contribution in [0.5, 0.6) is 0 Å².